The molecular weight excluding hydrogens is 412 g/mol. The van der Waals surface area contributed by atoms with Gasteiger partial charge >= 0.3 is 0 Å². The largest absolute Gasteiger partial charge is 0.352 e. The Labute approximate surface area is 200 Å². The molecule has 4 rings (SSSR count). The van der Waals surface area contributed by atoms with E-state index < -0.39 is 0 Å². The van der Waals surface area contributed by atoms with Crippen LogP contribution >= 0.6 is 0 Å². The summed E-state index contributed by atoms with van der Waals surface area (Å²) in [5.74, 6) is 0.628. The second-order valence-electron chi connectivity index (χ2n) is 10.5. The predicted molar refractivity (Wildman–Crippen MR) is 133 cm³/mol. The Kier molecular flexibility index (Phi) is 7.32. The fourth-order valence-electron chi connectivity index (χ4n) is 7.75. The van der Waals surface area contributed by atoms with E-state index in [2.05, 4.69) is 35.6 Å². The lowest BCUT2D eigenvalue weighted by molar-refractivity contribution is -0.130. The summed E-state index contributed by atoms with van der Waals surface area (Å²) < 4.78 is 11.7. The van der Waals surface area contributed by atoms with Crippen LogP contribution in [0, 0.1) is 16.7 Å². The molecule has 3 fully saturated rings. The highest BCUT2D eigenvalue weighted by Gasteiger charge is 2.70. The molecule has 33 heavy (non-hydrogen) atoms. The average Bonchev–Trinajstić information content (AvgIpc) is 3.31. The third-order valence-electron chi connectivity index (χ3n) is 8.80. The molecule has 1 spiro atoms. The van der Waals surface area contributed by atoms with Gasteiger partial charge in [-0.3, -0.25) is 4.79 Å². The maximum Gasteiger partial charge on any atom is 0.224 e. The van der Waals surface area contributed by atoms with Crippen LogP contribution in [0.3, 0.4) is 0 Å². The number of methoxy groups -OCH3 is 2. The fourth-order valence-corrected chi connectivity index (χ4v) is 7.75. The number of piperidine rings is 1. The summed E-state index contributed by atoms with van der Waals surface area (Å²) in [6.07, 6.45) is 16.0. The van der Waals surface area contributed by atoms with E-state index in [1.807, 2.05) is 18.2 Å². The first-order chi connectivity index (χ1) is 16.0. The van der Waals surface area contributed by atoms with E-state index in [4.69, 9.17) is 9.47 Å². The normalized spacial score (nSPS) is 35.4. The van der Waals surface area contributed by atoms with Crippen molar-refractivity contribution in [3.63, 3.8) is 0 Å². The fraction of sp³-hybridized carbons (Fsp3) is 0.679. The monoisotopic (exact) mass is 454 g/mol. The number of hydrogen-bond acceptors (Lipinski definition) is 4. The molecule has 0 aromatic rings. The Balaban J connectivity index is 1.77. The average molecular weight is 455 g/mol. The van der Waals surface area contributed by atoms with Gasteiger partial charge in [-0.15, -0.1) is 19.7 Å². The number of nitrogens with zero attached hydrogens (tertiary/aromatic N) is 2. The van der Waals surface area contributed by atoms with Gasteiger partial charge in [-0.1, -0.05) is 24.3 Å². The van der Waals surface area contributed by atoms with Crippen molar-refractivity contribution in [3.05, 3.63) is 49.6 Å². The molecule has 0 N–H and O–H groups in total. The van der Waals surface area contributed by atoms with Gasteiger partial charge in [0.1, 0.15) is 0 Å². The third-order valence-corrected chi connectivity index (χ3v) is 8.80. The van der Waals surface area contributed by atoms with Crippen LogP contribution in [0.5, 0.6) is 0 Å². The van der Waals surface area contributed by atoms with Crippen molar-refractivity contribution in [2.24, 2.45) is 16.7 Å². The lowest BCUT2D eigenvalue weighted by atomic mass is 9.52. The molecule has 182 valence electrons. The zero-order valence-corrected chi connectivity index (χ0v) is 20.6. The number of ether oxygens (including phenoxy) is 2. The molecule has 5 nitrogen and oxygen atoms in total. The molecule has 0 saturated carbocycles. The number of rotatable bonds is 12. The molecule has 1 aliphatic carbocycles. The van der Waals surface area contributed by atoms with Gasteiger partial charge in [-0.2, -0.15) is 0 Å². The molecule has 4 aliphatic rings. The van der Waals surface area contributed by atoms with Crippen molar-refractivity contribution < 1.29 is 14.3 Å². The van der Waals surface area contributed by atoms with Crippen LogP contribution in [0.2, 0.25) is 0 Å². The molecule has 5 atom stereocenters. The van der Waals surface area contributed by atoms with E-state index in [0.29, 0.717) is 12.3 Å². The van der Waals surface area contributed by atoms with Crippen LogP contribution < -0.4 is 0 Å². The van der Waals surface area contributed by atoms with E-state index in [1.165, 1.54) is 18.4 Å². The molecule has 3 saturated heterocycles. The molecular formula is C28H42N2O3. The van der Waals surface area contributed by atoms with Crippen molar-refractivity contribution in [3.8, 4) is 0 Å². The van der Waals surface area contributed by atoms with E-state index in [0.717, 1.165) is 51.7 Å². The number of amides is 1. The smallest absolute Gasteiger partial charge is 0.224 e. The summed E-state index contributed by atoms with van der Waals surface area (Å²) in [5.41, 5.74) is 1.06. The maximum absolute atomic E-state index is 13.5. The minimum absolute atomic E-state index is 0.00225. The van der Waals surface area contributed by atoms with Crippen LogP contribution in [0.4, 0.5) is 0 Å². The number of likely N-dealkylation sites (tertiary alicyclic amines) is 1. The van der Waals surface area contributed by atoms with E-state index in [9.17, 15) is 4.79 Å². The topological polar surface area (TPSA) is 42.0 Å². The second-order valence-corrected chi connectivity index (χ2v) is 10.5. The van der Waals surface area contributed by atoms with Gasteiger partial charge in [-0.25, -0.2) is 0 Å². The standard InChI is InChI=1S/C28H42N2O3/c1-6-9-11-12-15-29-16-13-23-22(25(32-4)33-5)18-27(14-10-7-2)19-24(31)30-21(8-3)17-28(23,20-29)26(27)30/h6-8,18,21,23,25-26H,1-3,9-17,19-20H2,4-5H3/t21-,23-,26?,27+,28?/m0/s1. The van der Waals surface area contributed by atoms with Gasteiger partial charge in [0.2, 0.25) is 5.91 Å². The van der Waals surface area contributed by atoms with Crippen LogP contribution in [0.15, 0.2) is 49.6 Å². The zero-order valence-electron chi connectivity index (χ0n) is 20.6. The number of allylic oxidation sites excluding steroid dienone is 2. The number of hydrogen-bond donors (Lipinski definition) is 0. The van der Waals surface area contributed by atoms with E-state index in [1.54, 1.807) is 14.2 Å². The summed E-state index contributed by atoms with van der Waals surface area (Å²) in [4.78, 5) is 18.4. The van der Waals surface area contributed by atoms with Crippen molar-refractivity contribution >= 4 is 5.91 Å². The summed E-state index contributed by atoms with van der Waals surface area (Å²) >= 11 is 0. The van der Waals surface area contributed by atoms with Crippen molar-refractivity contribution in [2.45, 2.75) is 69.7 Å². The van der Waals surface area contributed by atoms with Gasteiger partial charge in [0.25, 0.3) is 0 Å². The van der Waals surface area contributed by atoms with Crippen molar-refractivity contribution in [1.29, 1.82) is 0 Å². The SMILES string of the molecule is C=CCCCCN1CC[C@H]2C(C(OC)OC)=C[C@]3(CCC=C)CC(=O)N4C3C2(C[C@@H]4C=C)C1. The molecule has 3 aliphatic heterocycles. The molecule has 3 heterocycles. The molecule has 0 aromatic heterocycles. The highest BCUT2D eigenvalue weighted by Crippen LogP contribution is 2.66. The Morgan fingerprint density at radius 3 is 2.61 bits per heavy atom. The molecule has 5 heteroatoms. The van der Waals surface area contributed by atoms with Gasteiger partial charge < -0.3 is 19.3 Å². The molecule has 0 bridgehead atoms. The van der Waals surface area contributed by atoms with Crippen molar-refractivity contribution in [2.75, 3.05) is 33.9 Å². The Morgan fingerprint density at radius 2 is 1.94 bits per heavy atom. The second kappa shape index (κ2) is 9.89. The first kappa shape index (κ1) is 24.4. The summed E-state index contributed by atoms with van der Waals surface area (Å²) in [5, 5.41) is 0. The number of carbonyl (C=O) groups excluding carboxylic acids is 1. The van der Waals surface area contributed by atoms with Crippen LogP contribution in [0.25, 0.3) is 0 Å². The van der Waals surface area contributed by atoms with Crippen LogP contribution in [0.1, 0.15) is 51.4 Å². The van der Waals surface area contributed by atoms with Crippen LogP contribution in [-0.2, 0) is 14.3 Å². The first-order valence-electron chi connectivity index (χ1n) is 12.7. The van der Waals surface area contributed by atoms with Crippen molar-refractivity contribution in [1.82, 2.24) is 9.80 Å². The Bertz CT molecular complexity index is 803. The number of carbonyl (C=O) groups is 1. The van der Waals surface area contributed by atoms with Crippen LogP contribution in [-0.4, -0.2) is 67.9 Å². The summed E-state index contributed by atoms with van der Waals surface area (Å²) in [7, 11) is 3.46. The zero-order chi connectivity index (χ0) is 23.6. The molecule has 1 amide bonds. The van der Waals surface area contributed by atoms with E-state index in [-0.39, 0.29) is 35.1 Å². The Hall–Kier alpha value is -1.69. The highest BCUT2D eigenvalue weighted by atomic mass is 16.7. The quantitative estimate of drug-likeness (QED) is 0.243. The Morgan fingerprint density at radius 1 is 1.18 bits per heavy atom. The molecule has 0 aromatic carbocycles. The lowest BCUT2D eigenvalue weighted by Gasteiger charge is -2.57. The van der Waals surface area contributed by atoms with E-state index >= 15 is 0 Å². The molecule has 2 unspecified atom stereocenters. The van der Waals surface area contributed by atoms with Gasteiger partial charge in [0, 0.05) is 44.1 Å². The summed E-state index contributed by atoms with van der Waals surface area (Å²) in [6.45, 7) is 15.2. The summed E-state index contributed by atoms with van der Waals surface area (Å²) in [6, 6.07) is 0.312. The first-order valence-corrected chi connectivity index (χ1v) is 12.7. The third kappa shape index (κ3) is 3.96. The van der Waals surface area contributed by atoms with Gasteiger partial charge in [0.15, 0.2) is 6.29 Å². The number of unbranched alkanes of at least 4 members (excludes halogenated alkanes) is 2. The minimum atomic E-state index is -0.362. The van der Waals surface area contributed by atoms with Gasteiger partial charge in [0.05, 0.1) is 6.04 Å². The lowest BCUT2D eigenvalue weighted by Crippen LogP contribution is -2.61. The predicted octanol–water partition coefficient (Wildman–Crippen LogP) is 4.72. The minimum Gasteiger partial charge on any atom is -0.352 e. The molecule has 0 radical (unpaired) electrons. The van der Waals surface area contributed by atoms with Gasteiger partial charge in [-0.05, 0) is 69.5 Å². The maximum atomic E-state index is 13.5. The highest BCUT2D eigenvalue weighted by molar-refractivity contribution is 5.83.